The lowest BCUT2D eigenvalue weighted by atomic mass is 10.2. The van der Waals surface area contributed by atoms with Crippen LogP contribution < -0.4 is 14.8 Å². The molecule has 110 valence electrons. The molecular weight excluding hydrogens is 290 g/mol. The molecule has 8 nitrogen and oxygen atoms in total. The molecule has 1 aliphatic heterocycles. The number of nitrogens with zero attached hydrogens (tertiary/aromatic N) is 2. The standard InChI is InChI=1S/C14H9N3O5/c18-12(10-2-1-5-19-10)15-14-17-16-13(22-14)8-3-4-9-11(6-8)21-7-20-9/h1-6H,7H2,(H,15,17,18). The topological polar surface area (TPSA) is 99.6 Å². The maximum atomic E-state index is 11.8. The van der Waals surface area contributed by atoms with Crippen molar-refractivity contribution in [1.82, 2.24) is 10.2 Å². The van der Waals surface area contributed by atoms with Gasteiger partial charge in [-0.3, -0.25) is 10.1 Å². The van der Waals surface area contributed by atoms with E-state index in [0.29, 0.717) is 17.1 Å². The van der Waals surface area contributed by atoms with E-state index in [-0.39, 0.29) is 24.5 Å². The molecule has 4 rings (SSSR count). The zero-order valence-electron chi connectivity index (χ0n) is 11.1. The van der Waals surface area contributed by atoms with Crippen LogP contribution in [0.15, 0.2) is 45.4 Å². The number of fused-ring (bicyclic) bond motifs is 1. The summed E-state index contributed by atoms with van der Waals surface area (Å²) in [5.74, 6) is 1.22. The fraction of sp³-hybridized carbons (Fsp3) is 0.0714. The van der Waals surface area contributed by atoms with Gasteiger partial charge in [-0.2, -0.15) is 0 Å². The Labute approximate surface area is 123 Å². The van der Waals surface area contributed by atoms with Crippen LogP contribution in [0, 0.1) is 0 Å². The molecule has 22 heavy (non-hydrogen) atoms. The molecule has 1 aromatic carbocycles. The number of hydrogen-bond donors (Lipinski definition) is 1. The van der Waals surface area contributed by atoms with E-state index in [2.05, 4.69) is 15.5 Å². The van der Waals surface area contributed by atoms with Gasteiger partial charge in [-0.1, -0.05) is 5.10 Å². The molecule has 0 unspecified atom stereocenters. The average Bonchev–Trinajstić information content (AvgIpc) is 3.27. The van der Waals surface area contributed by atoms with Crippen molar-refractivity contribution in [2.75, 3.05) is 12.1 Å². The molecule has 0 saturated heterocycles. The number of amides is 1. The number of anilines is 1. The first-order chi connectivity index (χ1) is 10.8. The summed E-state index contributed by atoms with van der Waals surface area (Å²) in [7, 11) is 0. The molecule has 0 bridgehead atoms. The monoisotopic (exact) mass is 299 g/mol. The summed E-state index contributed by atoms with van der Waals surface area (Å²) in [6, 6.07) is 8.37. The van der Waals surface area contributed by atoms with E-state index in [9.17, 15) is 4.79 Å². The van der Waals surface area contributed by atoms with Gasteiger partial charge < -0.3 is 18.3 Å². The number of carbonyl (C=O) groups excluding carboxylic acids is 1. The van der Waals surface area contributed by atoms with E-state index < -0.39 is 5.91 Å². The van der Waals surface area contributed by atoms with Gasteiger partial charge >= 0.3 is 6.01 Å². The predicted molar refractivity (Wildman–Crippen MR) is 72.5 cm³/mol. The molecule has 0 spiro atoms. The average molecular weight is 299 g/mol. The van der Waals surface area contributed by atoms with Crippen LogP contribution in [0.25, 0.3) is 11.5 Å². The molecule has 0 fully saturated rings. The summed E-state index contributed by atoms with van der Waals surface area (Å²) in [6.45, 7) is 0.188. The minimum absolute atomic E-state index is 0.0194. The fourth-order valence-electron chi connectivity index (χ4n) is 1.99. The molecule has 0 saturated carbocycles. The minimum atomic E-state index is -0.467. The van der Waals surface area contributed by atoms with Crippen LogP contribution in [0.2, 0.25) is 0 Å². The quantitative estimate of drug-likeness (QED) is 0.792. The number of furan rings is 1. The minimum Gasteiger partial charge on any atom is -0.459 e. The van der Waals surface area contributed by atoms with Crippen molar-refractivity contribution in [3.63, 3.8) is 0 Å². The number of hydrogen-bond acceptors (Lipinski definition) is 7. The normalized spacial score (nSPS) is 12.4. The first-order valence-corrected chi connectivity index (χ1v) is 6.38. The Bertz CT molecular complexity index is 825. The van der Waals surface area contributed by atoms with Gasteiger partial charge in [0.25, 0.3) is 5.91 Å². The Morgan fingerprint density at radius 1 is 1.14 bits per heavy atom. The van der Waals surface area contributed by atoms with Gasteiger partial charge in [0.15, 0.2) is 17.3 Å². The van der Waals surface area contributed by atoms with Crippen LogP contribution in [0.4, 0.5) is 6.01 Å². The van der Waals surface area contributed by atoms with Gasteiger partial charge in [-0.25, -0.2) is 0 Å². The summed E-state index contributed by atoms with van der Waals surface area (Å²) in [4.78, 5) is 11.8. The fourth-order valence-corrected chi connectivity index (χ4v) is 1.99. The van der Waals surface area contributed by atoms with Crippen molar-refractivity contribution < 1.29 is 23.1 Å². The van der Waals surface area contributed by atoms with Crippen LogP contribution in [-0.2, 0) is 0 Å². The summed E-state index contributed by atoms with van der Waals surface area (Å²) in [5.41, 5.74) is 0.662. The van der Waals surface area contributed by atoms with E-state index in [1.807, 2.05) is 0 Å². The summed E-state index contributed by atoms with van der Waals surface area (Å²) in [5, 5.41) is 10.1. The van der Waals surface area contributed by atoms with Gasteiger partial charge in [0, 0.05) is 5.56 Å². The molecule has 1 N–H and O–H groups in total. The highest BCUT2D eigenvalue weighted by Gasteiger charge is 2.18. The number of aromatic nitrogens is 2. The van der Waals surface area contributed by atoms with Gasteiger partial charge in [0.05, 0.1) is 6.26 Å². The van der Waals surface area contributed by atoms with Gasteiger partial charge in [-0.15, -0.1) is 5.10 Å². The summed E-state index contributed by atoms with van der Waals surface area (Å²) >= 11 is 0. The second kappa shape index (κ2) is 4.92. The Balaban J connectivity index is 1.55. The molecule has 3 aromatic rings. The van der Waals surface area contributed by atoms with Crippen molar-refractivity contribution in [2.24, 2.45) is 0 Å². The smallest absolute Gasteiger partial charge is 0.322 e. The number of nitrogens with one attached hydrogen (secondary N) is 1. The molecular formula is C14H9N3O5. The third-order valence-corrected chi connectivity index (χ3v) is 3.01. The Hall–Kier alpha value is -3.29. The van der Waals surface area contributed by atoms with Crippen LogP contribution in [0.5, 0.6) is 11.5 Å². The van der Waals surface area contributed by atoms with E-state index in [4.69, 9.17) is 18.3 Å². The zero-order chi connectivity index (χ0) is 14.9. The van der Waals surface area contributed by atoms with Crippen LogP contribution in [0.1, 0.15) is 10.6 Å². The van der Waals surface area contributed by atoms with E-state index in [1.54, 1.807) is 24.3 Å². The van der Waals surface area contributed by atoms with Crippen LogP contribution >= 0.6 is 0 Å². The lowest BCUT2D eigenvalue weighted by Gasteiger charge is -1.98. The third kappa shape index (κ3) is 2.16. The summed E-state index contributed by atoms with van der Waals surface area (Å²) in [6.07, 6.45) is 1.40. The second-order valence-electron chi connectivity index (χ2n) is 4.41. The molecule has 3 heterocycles. The highest BCUT2D eigenvalue weighted by Crippen LogP contribution is 2.35. The van der Waals surface area contributed by atoms with Gasteiger partial charge in [0.1, 0.15) is 0 Å². The highest BCUT2D eigenvalue weighted by molar-refractivity contribution is 6.00. The molecule has 0 radical (unpaired) electrons. The zero-order valence-corrected chi connectivity index (χ0v) is 11.1. The first-order valence-electron chi connectivity index (χ1n) is 6.38. The van der Waals surface area contributed by atoms with Crippen molar-refractivity contribution in [1.29, 1.82) is 0 Å². The molecule has 0 atom stereocenters. The molecule has 2 aromatic heterocycles. The molecule has 1 aliphatic rings. The van der Waals surface area contributed by atoms with Crippen molar-refractivity contribution in [3.8, 4) is 23.0 Å². The number of ether oxygens (including phenoxy) is 2. The lowest BCUT2D eigenvalue weighted by molar-refractivity contribution is 0.0994. The molecule has 8 heteroatoms. The van der Waals surface area contributed by atoms with E-state index in [0.717, 1.165) is 0 Å². The van der Waals surface area contributed by atoms with Crippen molar-refractivity contribution >= 4 is 11.9 Å². The molecule has 1 amide bonds. The number of carbonyl (C=O) groups is 1. The van der Waals surface area contributed by atoms with Gasteiger partial charge in [-0.05, 0) is 30.3 Å². The molecule has 0 aliphatic carbocycles. The van der Waals surface area contributed by atoms with Crippen molar-refractivity contribution in [3.05, 3.63) is 42.4 Å². The summed E-state index contributed by atoms with van der Waals surface area (Å²) < 4.78 is 20.9. The Morgan fingerprint density at radius 3 is 2.91 bits per heavy atom. The number of rotatable bonds is 3. The maximum absolute atomic E-state index is 11.8. The largest absolute Gasteiger partial charge is 0.459 e. The van der Waals surface area contributed by atoms with E-state index >= 15 is 0 Å². The number of benzene rings is 1. The highest BCUT2D eigenvalue weighted by atomic mass is 16.7. The van der Waals surface area contributed by atoms with Gasteiger partial charge in [0.2, 0.25) is 12.7 Å². The SMILES string of the molecule is O=C(Nc1nnc(-c2ccc3c(c2)OCO3)o1)c1ccco1. The van der Waals surface area contributed by atoms with Crippen LogP contribution in [0.3, 0.4) is 0 Å². The predicted octanol–water partition coefficient (Wildman–Crippen LogP) is 2.31. The maximum Gasteiger partial charge on any atom is 0.322 e. The van der Waals surface area contributed by atoms with Crippen LogP contribution in [-0.4, -0.2) is 22.9 Å². The Kier molecular flexibility index (Phi) is 2.78. The first kappa shape index (κ1) is 12.5. The Morgan fingerprint density at radius 2 is 2.05 bits per heavy atom. The third-order valence-electron chi connectivity index (χ3n) is 3.01. The lowest BCUT2D eigenvalue weighted by Crippen LogP contribution is -2.10. The second-order valence-corrected chi connectivity index (χ2v) is 4.41. The van der Waals surface area contributed by atoms with Crippen molar-refractivity contribution in [2.45, 2.75) is 0 Å². The van der Waals surface area contributed by atoms with E-state index in [1.165, 1.54) is 12.3 Å².